The summed E-state index contributed by atoms with van der Waals surface area (Å²) in [6.45, 7) is 2.11. The summed E-state index contributed by atoms with van der Waals surface area (Å²) in [5, 5.41) is 0. The van der Waals surface area contributed by atoms with Crippen LogP contribution in [0, 0.1) is 17.8 Å². The van der Waals surface area contributed by atoms with E-state index < -0.39 is 0 Å². The van der Waals surface area contributed by atoms with Crippen molar-refractivity contribution in [1.29, 1.82) is 0 Å². The van der Waals surface area contributed by atoms with Gasteiger partial charge in [-0.1, -0.05) is 6.92 Å². The van der Waals surface area contributed by atoms with Crippen LogP contribution in [0.4, 0.5) is 0 Å². The van der Waals surface area contributed by atoms with Gasteiger partial charge >= 0.3 is 5.97 Å². The van der Waals surface area contributed by atoms with Crippen LogP contribution < -0.4 is 0 Å². The largest absolute Gasteiger partial charge is 0.469 e. The van der Waals surface area contributed by atoms with E-state index in [0.29, 0.717) is 5.92 Å². The van der Waals surface area contributed by atoms with E-state index in [1.54, 1.807) is 0 Å². The van der Waals surface area contributed by atoms with Crippen molar-refractivity contribution in [3.05, 3.63) is 0 Å². The Hall–Kier alpha value is -0.860. The molecule has 1 saturated carbocycles. The summed E-state index contributed by atoms with van der Waals surface area (Å²) in [4.78, 5) is 22.0. The molecule has 1 aliphatic carbocycles. The van der Waals surface area contributed by atoms with Crippen molar-refractivity contribution >= 4 is 12.3 Å². The number of rotatable bonds is 2. The van der Waals surface area contributed by atoms with Crippen molar-refractivity contribution in [2.75, 3.05) is 7.11 Å². The van der Waals surface area contributed by atoms with E-state index in [1.807, 2.05) is 0 Å². The highest BCUT2D eigenvalue weighted by Gasteiger charge is 2.34. The van der Waals surface area contributed by atoms with Gasteiger partial charge in [-0.3, -0.25) is 4.79 Å². The molecule has 0 heterocycles. The minimum Gasteiger partial charge on any atom is -0.469 e. The van der Waals surface area contributed by atoms with E-state index >= 15 is 0 Å². The van der Waals surface area contributed by atoms with Crippen LogP contribution in [0.5, 0.6) is 0 Å². The zero-order valence-electron chi connectivity index (χ0n) is 8.16. The molecule has 13 heavy (non-hydrogen) atoms. The second-order valence-electron chi connectivity index (χ2n) is 3.85. The molecule has 0 aromatic carbocycles. The summed E-state index contributed by atoms with van der Waals surface area (Å²) in [7, 11) is 1.38. The van der Waals surface area contributed by atoms with Gasteiger partial charge in [0.15, 0.2) is 0 Å². The van der Waals surface area contributed by atoms with Crippen LogP contribution in [0.1, 0.15) is 26.2 Å². The molecule has 1 aliphatic rings. The Kier molecular flexibility index (Phi) is 3.46. The second-order valence-corrected chi connectivity index (χ2v) is 3.85. The molecule has 0 aromatic heterocycles. The lowest BCUT2D eigenvalue weighted by Gasteiger charge is -2.29. The number of hydrogen-bond donors (Lipinski definition) is 0. The van der Waals surface area contributed by atoms with Gasteiger partial charge in [0.1, 0.15) is 6.29 Å². The molecule has 0 bridgehead atoms. The number of carbonyl (C=O) groups excluding carboxylic acids is 2. The second kappa shape index (κ2) is 4.40. The van der Waals surface area contributed by atoms with Crippen LogP contribution in [0.25, 0.3) is 0 Å². The number of esters is 1. The van der Waals surface area contributed by atoms with Crippen LogP contribution in [-0.4, -0.2) is 19.4 Å². The Morgan fingerprint density at radius 3 is 2.69 bits per heavy atom. The molecule has 0 aliphatic heterocycles. The maximum absolute atomic E-state index is 11.3. The van der Waals surface area contributed by atoms with E-state index in [2.05, 4.69) is 11.7 Å². The molecule has 3 unspecified atom stereocenters. The highest BCUT2D eigenvalue weighted by molar-refractivity contribution is 5.76. The van der Waals surface area contributed by atoms with Gasteiger partial charge in [0.05, 0.1) is 13.0 Å². The predicted molar refractivity (Wildman–Crippen MR) is 48.1 cm³/mol. The Balaban J connectivity index is 2.64. The van der Waals surface area contributed by atoms with Crippen LogP contribution in [0.15, 0.2) is 0 Å². The van der Waals surface area contributed by atoms with Gasteiger partial charge in [0.25, 0.3) is 0 Å². The van der Waals surface area contributed by atoms with Crippen molar-refractivity contribution in [3.8, 4) is 0 Å². The summed E-state index contributed by atoms with van der Waals surface area (Å²) in [5.41, 5.74) is 0. The third kappa shape index (κ3) is 2.29. The Labute approximate surface area is 78.5 Å². The SMILES string of the molecule is COC(=O)C1CC(C)CCC1C=O. The Morgan fingerprint density at radius 1 is 1.46 bits per heavy atom. The van der Waals surface area contributed by atoms with E-state index in [4.69, 9.17) is 0 Å². The fraction of sp³-hybridized carbons (Fsp3) is 0.800. The molecule has 0 N–H and O–H groups in total. The summed E-state index contributed by atoms with van der Waals surface area (Å²) < 4.78 is 4.67. The molecule has 3 nitrogen and oxygen atoms in total. The van der Waals surface area contributed by atoms with Crippen molar-refractivity contribution in [2.45, 2.75) is 26.2 Å². The van der Waals surface area contributed by atoms with Gasteiger partial charge in [0.2, 0.25) is 0 Å². The van der Waals surface area contributed by atoms with Gasteiger partial charge in [-0.25, -0.2) is 0 Å². The maximum atomic E-state index is 11.3. The van der Waals surface area contributed by atoms with E-state index in [9.17, 15) is 9.59 Å². The number of ether oxygens (including phenoxy) is 1. The zero-order valence-corrected chi connectivity index (χ0v) is 8.16. The smallest absolute Gasteiger partial charge is 0.309 e. The van der Waals surface area contributed by atoms with Gasteiger partial charge in [-0.05, 0) is 25.2 Å². The lowest BCUT2D eigenvalue weighted by Crippen LogP contribution is -2.31. The first kappa shape index (κ1) is 10.2. The van der Waals surface area contributed by atoms with Crippen molar-refractivity contribution < 1.29 is 14.3 Å². The van der Waals surface area contributed by atoms with Gasteiger partial charge in [0, 0.05) is 5.92 Å². The fourth-order valence-electron chi connectivity index (χ4n) is 1.99. The summed E-state index contributed by atoms with van der Waals surface area (Å²) in [5.74, 6) is -0.0288. The predicted octanol–water partition coefficient (Wildman–Crippen LogP) is 1.41. The zero-order chi connectivity index (χ0) is 9.84. The van der Waals surface area contributed by atoms with Crippen LogP contribution in [0.2, 0.25) is 0 Å². The number of aldehydes is 1. The monoisotopic (exact) mass is 184 g/mol. The summed E-state index contributed by atoms with van der Waals surface area (Å²) in [6.07, 6.45) is 3.55. The standard InChI is InChI=1S/C10H16O3/c1-7-3-4-8(6-11)9(5-7)10(12)13-2/h6-9H,3-5H2,1-2H3. The third-order valence-corrected chi connectivity index (χ3v) is 2.84. The van der Waals surface area contributed by atoms with Crippen molar-refractivity contribution in [2.24, 2.45) is 17.8 Å². The summed E-state index contributed by atoms with van der Waals surface area (Å²) in [6, 6.07) is 0. The molecule has 1 fully saturated rings. The molecule has 1 rings (SSSR count). The molecule has 0 spiro atoms. The molecule has 0 radical (unpaired) electrons. The van der Waals surface area contributed by atoms with Gasteiger partial charge < -0.3 is 9.53 Å². The van der Waals surface area contributed by atoms with Gasteiger partial charge in [-0.2, -0.15) is 0 Å². The lowest BCUT2D eigenvalue weighted by molar-refractivity contribution is -0.150. The average Bonchev–Trinajstić information content (AvgIpc) is 2.16. The average molecular weight is 184 g/mol. The van der Waals surface area contributed by atoms with E-state index in [1.165, 1.54) is 7.11 Å². The molecular formula is C10H16O3. The van der Waals surface area contributed by atoms with E-state index in [0.717, 1.165) is 25.5 Å². The van der Waals surface area contributed by atoms with Crippen molar-refractivity contribution in [3.63, 3.8) is 0 Å². The molecule has 0 saturated heterocycles. The number of carbonyl (C=O) groups is 2. The van der Waals surface area contributed by atoms with Crippen LogP contribution in [0.3, 0.4) is 0 Å². The fourth-order valence-corrected chi connectivity index (χ4v) is 1.99. The minimum absolute atomic E-state index is 0.122. The highest BCUT2D eigenvalue weighted by Crippen LogP contribution is 2.33. The topological polar surface area (TPSA) is 43.4 Å². The first-order chi connectivity index (χ1) is 6.19. The molecule has 0 amide bonds. The number of methoxy groups -OCH3 is 1. The molecule has 3 atom stereocenters. The first-order valence-electron chi connectivity index (χ1n) is 4.72. The number of hydrogen-bond acceptors (Lipinski definition) is 3. The van der Waals surface area contributed by atoms with Gasteiger partial charge in [-0.15, -0.1) is 0 Å². The molecular weight excluding hydrogens is 168 g/mol. The molecule has 0 aromatic rings. The Morgan fingerprint density at radius 2 is 2.15 bits per heavy atom. The Bertz CT molecular complexity index is 200. The lowest BCUT2D eigenvalue weighted by atomic mass is 9.75. The molecule has 3 heteroatoms. The van der Waals surface area contributed by atoms with E-state index in [-0.39, 0.29) is 17.8 Å². The normalized spacial score (nSPS) is 33.8. The minimum atomic E-state index is -0.233. The summed E-state index contributed by atoms with van der Waals surface area (Å²) >= 11 is 0. The van der Waals surface area contributed by atoms with Crippen LogP contribution in [-0.2, 0) is 14.3 Å². The quantitative estimate of drug-likeness (QED) is 0.481. The maximum Gasteiger partial charge on any atom is 0.309 e. The van der Waals surface area contributed by atoms with Crippen LogP contribution >= 0.6 is 0 Å². The molecule has 74 valence electrons. The first-order valence-corrected chi connectivity index (χ1v) is 4.72. The van der Waals surface area contributed by atoms with Crippen molar-refractivity contribution in [1.82, 2.24) is 0 Å². The third-order valence-electron chi connectivity index (χ3n) is 2.84. The highest BCUT2D eigenvalue weighted by atomic mass is 16.5.